The van der Waals surface area contributed by atoms with Crippen LogP contribution in [0, 0.1) is 0 Å². The van der Waals surface area contributed by atoms with Crippen molar-refractivity contribution in [2.24, 2.45) is 0 Å². The van der Waals surface area contributed by atoms with Crippen molar-refractivity contribution < 1.29 is 23.8 Å². The lowest BCUT2D eigenvalue weighted by Gasteiger charge is -2.15. The third-order valence-electron chi connectivity index (χ3n) is 4.23. The van der Waals surface area contributed by atoms with Gasteiger partial charge >= 0.3 is 5.97 Å². The molecule has 0 unspecified atom stereocenters. The van der Waals surface area contributed by atoms with Crippen LogP contribution in [-0.4, -0.2) is 31.7 Å². The Kier molecular flexibility index (Phi) is 8.34. The van der Waals surface area contributed by atoms with Crippen molar-refractivity contribution in [3.05, 3.63) is 54.1 Å². The largest absolute Gasteiger partial charge is 0.494 e. The average molecular weight is 385 g/mol. The molecular formula is C22H27NO5. The highest BCUT2D eigenvalue weighted by molar-refractivity contribution is 5.93. The Morgan fingerprint density at radius 3 is 2.21 bits per heavy atom. The molecule has 0 aliphatic rings. The Morgan fingerprint density at radius 2 is 1.57 bits per heavy atom. The van der Waals surface area contributed by atoms with Crippen LogP contribution in [0.4, 0.5) is 5.69 Å². The topological polar surface area (TPSA) is 73.9 Å². The lowest BCUT2D eigenvalue weighted by molar-refractivity contribution is -0.149. The summed E-state index contributed by atoms with van der Waals surface area (Å²) in [6, 6.07) is 14.6. The van der Waals surface area contributed by atoms with Crippen LogP contribution in [-0.2, 0) is 14.3 Å². The van der Waals surface area contributed by atoms with E-state index in [1.54, 1.807) is 24.3 Å². The second-order valence-electron chi connectivity index (χ2n) is 6.30. The average Bonchev–Trinajstić information content (AvgIpc) is 2.72. The van der Waals surface area contributed by atoms with Gasteiger partial charge in [0.15, 0.2) is 13.2 Å². The summed E-state index contributed by atoms with van der Waals surface area (Å²) in [4.78, 5) is 23.9. The smallest absolute Gasteiger partial charge is 0.344 e. The van der Waals surface area contributed by atoms with Crippen LogP contribution in [0.5, 0.6) is 11.5 Å². The molecule has 2 aromatic carbocycles. The molecule has 0 aliphatic heterocycles. The van der Waals surface area contributed by atoms with Crippen molar-refractivity contribution >= 4 is 17.6 Å². The van der Waals surface area contributed by atoms with Gasteiger partial charge in [-0.15, -0.1) is 0 Å². The fourth-order valence-corrected chi connectivity index (χ4v) is 2.58. The van der Waals surface area contributed by atoms with Crippen LogP contribution in [0.15, 0.2) is 48.5 Å². The van der Waals surface area contributed by atoms with Crippen molar-refractivity contribution in [2.75, 3.05) is 25.1 Å². The van der Waals surface area contributed by atoms with Crippen molar-refractivity contribution in [3.8, 4) is 11.5 Å². The van der Waals surface area contributed by atoms with Gasteiger partial charge in [-0.1, -0.05) is 32.0 Å². The van der Waals surface area contributed by atoms with Gasteiger partial charge in [0.05, 0.1) is 6.61 Å². The van der Waals surface area contributed by atoms with Crippen LogP contribution in [0.2, 0.25) is 0 Å². The standard InChI is InChI=1S/C22H27NO5/c1-4-16(3)19-8-6-7-9-20(19)23-21(24)14-28-22(25)15-27-18-12-10-17(11-13-18)26-5-2/h6-13,16H,4-5,14-15H2,1-3H3,(H,23,24)/t16-/m1/s1. The lowest BCUT2D eigenvalue weighted by Crippen LogP contribution is -2.24. The zero-order chi connectivity index (χ0) is 20.4. The number of benzene rings is 2. The van der Waals surface area contributed by atoms with Crippen molar-refractivity contribution in [2.45, 2.75) is 33.1 Å². The van der Waals surface area contributed by atoms with Crippen LogP contribution in [0.25, 0.3) is 0 Å². The summed E-state index contributed by atoms with van der Waals surface area (Å²) in [7, 11) is 0. The van der Waals surface area contributed by atoms with E-state index in [2.05, 4.69) is 19.2 Å². The van der Waals surface area contributed by atoms with Gasteiger partial charge in [-0.2, -0.15) is 0 Å². The third-order valence-corrected chi connectivity index (χ3v) is 4.23. The van der Waals surface area contributed by atoms with Gasteiger partial charge in [0.1, 0.15) is 11.5 Å². The maximum atomic E-state index is 12.1. The summed E-state index contributed by atoms with van der Waals surface area (Å²) in [6.45, 7) is 6.04. The summed E-state index contributed by atoms with van der Waals surface area (Å²) in [6.07, 6.45) is 0.963. The first-order valence-corrected chi connectivity index (χ1v) is 9.43. The Hall–Kier alpha value is -3.02. The summed E-state index contributed by atoms with van der Waals surface area (Å²) in [5.74, 6) is 0.574. The molecular weight excluding hydrogens is 358 g/mol. The lowest BCUT2D eigenvalue weighted by atomic mass is 9.97. The first-order valence-electron chi connectivity index (χ1n) is 9.43. The Balaban J connectivity index is 1.77. The van der Waals surface area contributed by atoms with Gasteiger partial charge in [-0.3, -0.25) is 4.79 Å². The molecule has 1 atom stereocenters. The molecule has 6 nitrogen and oxygen atoms in total. The highest BCUT2D eigenvalue weighted by Gasteiger charge is 2.13. The Morgan fingerprint density at radius 1 is 0.929 bits per heavy atom. The quantitative estimate of drug-likeness (QED) is 0.622. The van der Waals surface area contributed by atoms with Crippen molar-refractivity contribution in [3.63, 3.8) is 0 Å². The predicted molar refractivity (Wildman–Crippen MR) is 108 cm³/mol. The molecule has 150 valence electrons. The van der Waals surface area contributed by atoms with E-state index in [9.17, 15) is 9.59 Å². The first kappa shape index (κ1) is 21.3. The minimum absolute atomic E-state index is 0.273. The van der Waals surface area contributed by atoms with E-state index >= 15 is 0 Å². The Labute approximate surface area is 165 Å². The predicted octanol–water partition coefficient (Wildman–Crippen LogP) is 4.16. The molecule has 0 saturated heterocycles. The fraction of sp³-hybridized carbons (Fsp3) is 0.364. The molecule has 2 rings (SSSR count). The minimum atomic E-state index is -0.612. The zero-order valence-corrected chi connectivity index (χ0v) is 16.6. The van der Waals surface area contributed by atoms with E-state index in [1.807, 2.05) is 31.2 Å². The van der Waals surface area contributed by atoms with Crippen LogP contribution in [0.3, 0.4) is 0 Å². The molecule has 0 bridgehead atoms. The monoisotopic (exact) mass is 385 g/mol. The molecule has 6 heteroatoms. The molecule has 0 spiro atoms. The Bertz CT molecular complexity index is 773. The van der Waals surface area contributed by atoms with E-state index in [4.69, 9.17) is 14.2 Å². The van der Waals surface area contributed by atoms with Gasteiger partial charge in [0.2, 0.25) is 0 Å². The van der Waals surface area contributed by atoms with Crippen LogP contribution in [0.1, 0.15) is 38.7 Å². The maximum Gasteiger partial charge on any atom is 0.344 e. The molecule has 0 fully saturated rings. The highest BCUT2D eigenvalue weighted by atomic mass is 16.6. The van der Waals surface area contributed by atoms with Gasteiger partial charge in [-0.25, -0.2) is 4.79 Å². The number of rotatable bonds is 10. The van der Waals surface area contributed by atoms with Crippen LogP contribution >= 0.6 is 0 Å². The normalized spacial score (nSPS) is 11.4. The molecule has 0 aliphatic carbocycles. The number of nitrogens with one attached hydrogen (secondary N) is 1. The van der Waals surface area contributed by atoms with E-state index in [0.29, 0.717) is 18.3 Å². The molecule has 0 saturated carbocycles. The molecule has 1 N–H and O–H groups in total. The van der Waals surface area contributed by atoms with Gasteiger partial charge < -0.3 is 19.5 Å². The molecule has 1 amide bonds. The molecule has 28 heavy (non-hydrogen) atoms. The SMILES string of the molecule is CCOc1ccc(OCC(=O)OCC(=O)Nc2ccccc2[C@H](C)CC)cc1. The van der Waals surface area contributed by atoms with Crippen molar-refractivity contribution in [1.82, 2.24) is 0 Å². The summed E-state index contributed by atoms with van der Waals surface area (Å²) >= 11 is 0. The summed E-state index contributed by atoms with van der Waals surface area (Å²) < 4.78 is 15.7. The van der Waals surface area contributed by atoms with Gasteiger partial charge in [-0.05, 0) is 55.2 Å². The molecule has 2 aromatic rings. The number of hydrogen-bond acceptors (Lipinski definition) is 5. The van der Waals surface area contributed by atoms with E-state index < -0.39 is 5.97 Å². The number of carbonyl (C=O) groups excluding carboxylic acids is 2. The minimum Gasteiger partial charge on any atom is -0.494 e. The molecule has 0 radical (unpaired) electrons. The number of carbonyl (C=O) groups is 2. The molecule has 0 heterocycles. The number of ether oxygens (including phenoxy) is 3. The maximum absolute atomic E-state index is 12.1. The summed E-state index contributed by atoms with van der Waals surface area (Å²) in [5.41, 5.74) is 1.80. The third kappa shape index (κ3) is 6.61. The van der Waals surface area contributed by atoms with E-state index in [1.165, 1.54) is 0 Å². The van der Waals surface area contributed by atoms with Gasteiger partial charge in [0.25, 0.3) is 5.91 Å². The number of para-hydroxylation sites is 1. The highest BCUT2D eigenvalue weighted by Crippen LogP contribution is 2.26. The van der Waals surface area contributed by atoms with E-state index in [-0.39, 0.29) is 19.1 Å². The van der Waals surface area contributed by atoms with Crippen molar-refractivity contribution in [1.29, 1.82) is 0 Å². The van der Waals surface area contributed by atoms with Crippen LogP contribution < -0.4 is 14.8 Å². The molecule has 0 aromatic heterocycles. The number of anilines is 1. The van der Waals surface area contributed by atoms with E-state index in [0.717, 1.165) is 23.4 Å². The zero-order valence-electron chi connectivity index (χ0n) is 16.6. The van der Waals surface area contributed by atoms with Gasteiger partial charge in [0, 0.05) is 5.69 Å². The summed E-state index contributed by atoms with van der Waals surface area (Å²) in [5, 5.41) is 2.80. The number of hydrogen-bond donors (Lipinski definition) is 1. The second kappa shape index (κ2) is 11.0. The fourth-order valence-electron chi connectivity index (χ4n) is 2.58. The second-order valence-corrected chi connectivity index (χ2v) is 6.30. The number of esters is 1. The number of amides is 1. The first-order chi connectivity index (χ1) is 13.5.